The first kappa shape index (κ1) is 18.3. The number of anilines is 3. The van der Waals surface area contributed by atoms with Crippen LogP contribution in [0.25, 0.3) is 0 Å². The Hall–Kier alpha value is -3.48. The minimum atomic E-state index is -0.541. The van der Waals surface area contributed by atoms with E-state index in [1.54, 1.807) is 18.3 Å². The molecule has 10 nitrogen and oxygen atoms in total. The molecule has 1 aliphatic rings. The summed E-state index contributed by atoms with van der Waals surface area (Å²) in [6.07, 6.45) is 6.20. The molecule has 0 unspecified atom stereocenters. The molecule has 0 amide bonds. The van der Waals surface area contributed by atoms with Crippen LogP contribution in [0.1, 0.15) is 25.7 Å². The Bertz CT molecular complexity index is 868. The summed E-state index contributed by atoms with van der Waals surface area (Å²) in [5, 5.41) is 26.7. The van der Waals surface area contributed by atoms with Crippen molar-refractivity contribution in [2.75, 3.05) is 17.7 Å². The molecule has 27 heavy (non-hydrogen) atoms. The minimum absolute atomic E-state index is 0.0903. The SMILES string of the molecule is COc1ncccc1Nc1ncc([N+](=O)[O-])c(N[C@@H]2CCCC[C@H]2C#N)n1. The van der Waals surface area contributed by atoms with Crippen LogP contribution in [0.15, 0.2) is 24.5 Å². The van der Waals surface area contributed by atoms with Crippen LogP contribution < -0.4 is 15.4 Å². The maximum absolute atomic E-state index is 11.4. The molecule has 1 fully saturated rings. The van der Waals surface area contributed by atoms with Crippen LogP contribution in [0.3, 0.4) is 0 Å². The molecule has 0 saturated heterocycles. The molecule has 0 aromatic carbocycles. The third-order valence-corrected chi connectivity index (χ3v) is 4.43. The fourth-order valence-electron chi connectivity index (χ4n) is 3.08. The van der Waals surface area contributed by atoms with Crippen molar-refractivity contribution in [2.24, 2.45) is 5.92 Å². The first-order valence-corrected chi connectivity index (χ1v) is 8.56. The number of methoxy groups -OCH3 is 1. The standard InChI is InChI=1S/C17H19N7O3/c1-27-16-13(7-4-8-19-16)22-17-20-10-14(24(25)26)15(23-17)21-12-6-3-2-5-11(12)9-18/h4,7-8,10-12H,2-3,5-6H2,1H3,(H2,20,21,22,23)/t11-,12+/m0/s1. The largest absolute Gasteiger partial charge is 0.480 e. The van der Waals surface area contributed by atoms with Gasteiger partial charge in [-0.1, -0.05) is 12.8 Å². The molecule has 2 heterocycles. The average molecular weight is 369 g/mol. The molecule has 10 heteroatoms. The van der Waals surface area contributed by atoms with Crippen molar-refractivity contribution >= 4 is 23.1 Å². The minimum Gasteiger partial charge on any atom is -0.480 e. The molecule has 1 aliphatic carbocycles. The van der Waals surface area contributed by atoms with E-state index in [4.69, 9.17) is 4.74 Å². The second kappa shape index (κ2) is 8.27. The van der Waals surface area contributed by atoms with Crippen molar-refractivity contribution in [1.82, 2.24) is 15.0 Å². The Kier molecular flexibility index (Phi) is 5.61. The Labute approximate surface area is 155 Å². The van der Waals surface area contributed by atoms with E-state index < -0.39 is 4.92 Å². The highest BCUT2D eigenvalue weighted by Gasteiger charge is 2.28. The van der Waals surface area contributed by atoms with Gasteiger partial charge in [0.25, 0.3) is 0 Å². The summed E-state index contributed by atoms with van der Waals surface area (Å²) in [4.78, 5) is 23.2. The number of rotatable bonds is 6. The summed E-state index contributed by atoms with van der Waals surface area (Å²) >= 11 is 0. The number of ether oxygens (including phenoxy) is 1. The zero-order chi connectivity index (χ0) is 19.2. The number of nitro groups is 1. The summed E-state index contributed by atoms with van der Waals surface area (Å²) in [5.74, 6) is 0.403. The summed E-state index contributed by atoms with van der Waals surface area (Å²) in [6, 6.07) is 5.54. The lowest BCUT2D eigenvalue weighted by Gasteiger charge is -2.27. The highest BCUT2D eigenvalue weighted by Crippen LogP contribution is 2.31. The summed E-state index contributed by atoms with van der Waals surface area (Å²) in [7, 11) is 1.49. The molecule has 2 N–H and O–H groups in total. The van der Waals surface area contributed by atoms with E-state index in [9.17, 15) is 15.4 Å². The van der Waals surface area contributed by atoms with Gasteiger partial charge in [0.2, 0.25) is 17.6 Å². The normalized spacial score (nSPS) is 19.0. The zero-order valence-electron chi connectivity index (χ0n) is 14.8. The van der Waals surface area contributed by atoms with Crippen LogP contribution >= 0.6 is 0 Å². The van der Waals surface area contributed by atoms with Crippen molar-refractivity contribution in [3.05, 3.63) is 34.6 Å². The molecule has 2 atom stereocenters. The smallest absolute Gasteiger partial charge is 0.329 e. The van der Waals surface area contributed by atoms with Gasteiger partial charge in [0.15, 0.2) is 0 Å². The van der Waals surface area contributed by atoms with Gasteiger partial charge in [-0.05, 0) is 25.0 Å². The van der Waals surface area contributed by atoms with Gasteiger partial charge < -0.3 is 15.4 Å². The van der Waals surface area contributed by atoms with E-state index in [0.29, 0.717) is 11.6 Å². The second-order valence-electron chi connectivity index (χ2n) is 6.14. The maximum atomic E-state index is 11.4. The Balaban J connectivity index is 1.88. The summed E-state index contributed by atoms with van der Waals surface area (Å²) in [6.45, 7) is 0. The average Bonchev–Trinajstić information content (AvgIpc) is 2.69. The quantitative estimate of drug-likeness (QED) is 0.581. The van der Waals surface area contributed by atoms with Crippen molar-refractivity contribution in [3.8, 4) is 11.9 Å². The Morgan fingerprint density at radius 1 is 1.37 bits per heavy atom. The number of pyridine rings is 1. The monoisotopic (exact) mass is 369 g/mol. The van der Waals surface area contributed by atoms with Crippen LogP contribution in [0.5, 0.6) is 5.88 Å². The van der Waals surface area contributed by atoms with E-state index in [0.717, 1.165) is 31.9 Å². The first-order valence-electron chi connectivity index (χ1n) is 8.56. The number of nitrogens with zero attached hydrogens (tertiary/aromatic N) is 5. The molecule has 0 spiro atoms. The lowest BCUT2D eigenvalue weighted by molar-refractivity contribution is -0.384. The fourth-order valence-corrected chi connectivity index (χ4v) is 3.08. The predicted octanol–water partition coefficient (Wildman–Crippen LogP) is 3.03. The van der Waals surface area contributed by atoms with E-state index in [2.05, 4.69) is 31.7 Å². The zero-order valence-corrected chi connectivity index (χ0v) is 14.8. The molecule has 0 bridgehead atoms. The van der Waals surface area contributed by atoms with Gasteiger partial charge in [0, 0.05) is 12.2 Å². The van der Waals surface area contributed by atoms with Gasteiger partial charge in [-0.25, -0.2) is 9.97 Å². The Morgan fingerprint density at radius 3 is 2.93 bits per heavy atom. The summed E-state index contributed by atoms with van der Waals surface area (Å²) in [5.41, 5.74) is 0.299. The van der Waals surface area contributed by atoms with Gasteiger partial charge in [-0.2, -0.15) is 10.2 Å². The first-order chi connectivity index (χ1) is 13.1. The van der Waals surface area contributed by atoms with Gasteiger partial charge in [0.05, 0.1) is 24.0 Å². The van der Waals surface area contributed by atoms with Crippen molar-refractivity contribution in [3.63, 3.8) is 0 Å². The lowest BCUT2D eigenvalue weighted by Crippen LogP contribution is -2.32. The van der Waals surface area contributed by atoms with Crippen molar-refractivity contribution < 1.29 is 9.66 Å². The van der Waals surface area contributed by atoms with Crippen LogP contribution in [0.4, 0.5) is 23.1 Å². The molecule has 1 saturated carbocycles. The molecule has 3 rings (SSSR count). The van der Waals surface area contributed by atoms with Crippen LogP contribution in [-0.4, -0.2) is 33.0 Å². The van der Waals surface area contributed by atoms with Crippen molar-refractivity contribution in [1.29, 1.82) is 5.26 Å². The van der Waals surface area contributed by atoms with Gasteiger partial charge in [-0.15, -0.1) is 0 Å². The molecule has 0 aliphatic heterocycles. The number of nitrogens with one attached hydrogen (secondary N) is 2. The van der Waals surface area contributed by atoms with Gasteiger partial charge in [0.1, 0.15) is 11.9 Å². The topological polar surface area (TPSA) is 139 Å². The second-order valence-corrected chi connectivity index (χ2v) is 6.14. The molecular weight excluding hydrogens is 350 g/mol. The molecule has 0 radical (unpaired) electrons. The number of nitriles is 1. The van der Waals surface area contributed by atoms with E-state index in [1.165, 1.54) is 7.11 Å². The van der Waals surface area contributed by atoms with Crippen LogP contribution in [0, 0.1) is 27.4 Å². The van der Waals surface area contributed by atoms with Crippen molar-refractivity contribution in [2.45, 2.75) is 31.7 Å². The molecule has 2 aromatic heterocycles. The van der Waals surface area contributed by atoms with E-state index in [1.807, 2.05) is 0 Å². The summed E-state index contributed by atoms with van der Waals surface area (Å²) < 4.78 is 5.17. The van der Waals surface area contributed by atoms with Gasteiger partial charge >= 0.3 is 5.69 Å². The number of hydrogen-bond donors (Lipinski definition) is 2. The van der Waals surface area contributed by atoms with Crippen LogP contribution in [-0.2, 0) is 0 Å². The number of hydrogen-bond acceptors (Lipinski definition) is 9. The maximum Gasteiger partial charge on any atom is 0.329 e. The highest BCUT2D eigenvalue weighted by atomic mass is 16.6. The van der Waals surface area contributed by atoms with E-state index in [-0.39, 0.29) is 29.4 Å². The third-order valence-electron chi connectivity index (χ3n) is 4.43. The molecular formula is C17H19N7O3. The van der Waals surface area contributed by atoms with E-state index >= 15 is 0 Å². The molecule has 140 valence electrons. The predicted molar refractivity (Wildman–Crippen MR) is 97.7 cm³/mol. The Morgan fingerprint density at radius 2 is 2.19 bits per heavy atom. The highest BCUT2D eigenvalue weighted by molar-refractivity contribution is 5.63. The fraction of sp³-hybridized carbons (Fsp3) is 0.412. The third kappa shape index (κ3) is 4.20. The molecule has 2 aromatic rings. The van der Waals surface area contributed by atoms with Gasteiger partial charge in [-0.3, -0.25) is 10.1 Å². The number of aromatic nitrogens is 3. The van der Waals surface area contributed by atoms with Crippen LogP contribution in [0.2, 0.25) is 0 Å². The lowest BCUT2D eigenvalue weighted by atomic mass is 9.85.